The highest BCUT2D eigenvalue weighted by atomic mass is 35.5. The van der Waals surface area contributed by atoms with Crippen molar-refractivity contribution in [1.82, 2.24) is 0 Å². The molecule has 5 nitrogen and oxygen atoms in total. The second kappa shape index (κ2) is 8.75. The van der Waals surface area contributed by atoms with Crippen molar-refractivity contribution in [2.45, 2.75) is 54.6 Å². The van der Waals surface area contributed by atoms with E-state index in [0.29, 0.717) is 33.9 Å². The molecule has 164 valence electrons. The van der Waals surface area contributed by atoms with Crippen LogP contribution in [0.3, 0.4) is 0 Å². The van der Waals surface area contributed by atoms with Crippen molar-refractivity contribution < 1.29 is 18.7 Å². The molecule has 31 heavy (non-hydrogen) atoms. The first-order valence-electron chi connectivity index (χ1n) is 10.1. The van der Waals surface area contributed by atoms with Crippen LogP contribution in [0, 0.1) is 41.5 Å². The van der Waals surface area contributed by atoms with Gasteiger partial charge in [-0.1, -0.05) is 11.6 Å². The van der Waals surface area contributed by atoms with Crippen molar-refractivity contribution >= 4 is 28.5 Å². The highest BCUT2D eigenvalue weighted by Crippen LogP contribution is 2.34. The van der Waals surface area contributed by atoms with E-state index < -0.39 is 11.6 Å². The zero-order valence-corrected chi connectivity index (χ0v) is 19.7. The van der Waals surface area contributed by atoms with Gasteiger partial charge in [-0.2, -0.15) is 0 Å². The van der Waals surface area contributed by atoms with Gasteiger partial charge in [-0.15, -0.1) is 0 Å². The first-order valence-corrected chi connectivity index (χ1v) is 10.5. The third-order valence-electron chi connectivity index (χ3n) is 6.42. The summed E-state index contributed by atoms with van der Waals surface area (Å²) in [4.78, 5) is 24.1. The predicted molar refractivity (Wildman–Crippen MR) is 122 cm³/mol. The molecular formula is C25H27ClO5. The van der Waals surface area contributed by atoms with E-state index in [0.717, 1.165) is 5.56 Å². The largest absolute Gasteiger partial charge is 0.487 e. The summed E-state index contributed by atoms with van der Waals surface area (Å²) < 4.78 is 16.2. The molecule has 0 fully saturated rings. The summed E-state index contributed by atoms with van der Waals surface area (Å²) in [6.45, 7) is 12.7. The van der Waals surface area contributed by atoms with Crippen LogP contribution < -0.4 is 10.4 Å². The van der Waals surface area contributed by atoms with Gasteiger partial charge >= 0.3 is 11.6 Å². The summed E-state index contributed by atoms with van der Waals surface area (Å²) in [7, 11) is 1.28. The Morgan fingerprint density at radius 1 is 0.903 bits per heavy atom. The Morgan fingerprint density at radius 3 is 2.06 bits per heavy atom. The molecule has 0 spiro atoms. The molecule has 0 saturated carbocycles. The Bertz CT molecular complexity index is 1220. The Kier molecular flexibility index (Phi) is 6.46. The van der Waals surface area contributed by atoms with Gasteiger partial charge in [0.1, 0.15) is 17.9 Å². The highest BCUT2D eigenvalue weighted by molar-refractivity contribution is 6.32. The van der Waals surface area contributed by atoms with Crippen LogP contribution in [-0.2, 0) is 22.6 Å². The maximum absolute atomic E-state index is 12.4. The molecule has 0 bridgehead atoms. The van der Waals surface area contributed by atoms with Crippen molar-refractivity contribution in [2.24, 2.45) is 0 Å². The third-order valence-corrected chi connectivity index (χ3v) is 6.71. The Hall–Kier alpha value is -2.79. The zero-order chi connectivity index (χ0) is 23.0. The van der Waals surface area contributed by atoms with Gasteiger partial charge in [-0.3, -0.25) is 4.79 Å². The lowest BCUT2D eigenvalue weighted by molar-refractivity contribution is -0.139. The van der Waals surface area contributed by atoms with Crippen molar-refractivity contribution in [3.8, 4) is 5.75 Å². The second-order valence-corrected chi connectivity index (χ2v) is 8.32. The van der Waals surface area contributed by atoms with E-state index in [1.54, 1.807) is 19.1 Å². The summed E-state index contributed by atoms with van der Waals surface area (Å²) in [5, 5.41) is 1.06. The lowest BCUT2D eigenvalue weighted by atomic mass is 9.90. The van der Waals surface area contributed by atoms with E-state index >= 15 is 0 Å². The number of fused-ring (bicyclic) bond motifs is 1. The number of methoxy groups -OCH3 is 1. The number of carbonyl (C=O) groups is 1. The molecule has 0 radical (unpaired) electrons. The standard InChI is InChI=1S/C25H27ClO5/c1-12-13(2)15(4)20(16(5)14(12)3)11-30-23-10-22-18(8-21(23)26)17(6)19(25(28)31-22)9-24(27)29-7/h8,10H,9,11H2,1-7H3. The van der Waals surface area contributed by atoms with Gasteiger partial charge in [0.05, 0.1) is 24.1 Å². The zero-order valence-electron chi connectivity index (χ0n) is 19.0. The molecule has 0 atom stereocenters. The minimum Gasteiger partial charge on any atom is -0.487 e. The van der Waals surface area contributed by atoms with Crippen LogP contribution >= 0.6 is 11.6 Å². The molecule has 0 N–H and O–H groups in total. The quantitative estimate of drug-likeness (QED) is 0.380. The highest BCUT2D eigenvalue weighted by Gasteiger charge is 2.18. The van der Waals surface area contributed by atoms with Crippen LogP contribution in [0.4, 0.5) is 0 Å². The molecule has 2 aromatic carbocycles. The fraction of sp³-hybridized carbons (Fsp3) is 0.360. The molecule has 3 rings (SSSR count). The smallest absolute Gasteiger partial charge is 0.340 e. The second-order valence-electron chi connectivity index (χ2n) is 7.92. The molecule has 0 aliphatic rings. The monoisotopic (exact) mass is 442 g/mol. The van der Waals surface area contributed by atoms with Gasteiger partial charge in [0.25, 0.3) is 0 Å². The predicted octanol–water partition coefficient (Wildman–Crippen LogP) is 5.59. The first-order chi connectivity index (χ1) is 14.6. The van der Waals surface area contributed by atoms with E-state index in [1.807, 2.05) is 0 Å². The van der Waals surface area contributed by atoms with E-state index in [1.165, 1.54) is 34.9 Å². The average molecular weight is 443 g/mol. The average Bonchev–Trinajstić information content (AvgIpc) is 2.74. The van der Waals surface area contributed by atoms with Crippen LogP contribution in [0.2, 0.25) is 5.02 Å². The van der Waals surface area contributed by atoms with Gasteiger partial charge in [0.15, 0.2) is 0 Å². The third kappa shape index (κ3) is 4.19. The normalized spacial score (nSPS) is 11.1. The van der Waals surface area contributed by atoms with Gasteiger partial charge in [0, 0.05) is 11.5 Å². The molecule has 0 aliphatic heterocycles. The SMILES string of the molecule is COC(=O)Cc1c(C)c2cc(Cl)c(OCc3c(C)c(C)c(C)c(C)c3C)cc2oc1=O. The van der Waals surface area contributed by atoms with E-state index in [2.05, 4.69) is 39.4 Å². The number of rotatable bonds is 5. The van der Waals surface area contributed by atoms with E-state index in [-0.39, 0.29) is 12.0 Å². The molecule has 0 saturated heterocycles. The Labute approximate surface area is 186 Å². The topological polar surface area (TPSA) is 65.7 Å². The van der Waals surface area contributed by atoms with Crippen LogP contribution in [0.25, 0.3) is 11.0 Å². The van der Waals surface area contributed by atoms with Crippen molar-refractivity contribution in [1.29, 1.82) is 0 Å². The number of benzene rings is 2. The molecule has 1 aromatic heterocycles. The van der Waals surface area contributed by atoms with Crippen LogP contribution in [0.5, 0.6) is 5.75 Å². The number of halogens is 1. The Morgan fingerprint density at radius 2 is 1.48 bits per heavy atom. The number of hydrogen-bond acceptors (Lipinski definition) is 5. The number of carbonyl (C=O) groups excluding carboxylic acids is 1. The molecule has 1 heterocycles. The molecule has 3 aromatic rings. The lowest BCUT2D eigenvalue weighted by Gasteiger charge is -2.19. The molecule has 0 amide bonds. The van der Waals surface area contributed by atoms with Crippen LogP contribution in [0.15, 0.2) is 21.3 Å². The summed E-state index contributed by atoms with van der Waals surface area (Å²) in [5.41, 5.74) is 8.03. The maximum Gasteiger partial charge on any atom is 0.340 e. The van der Waals surface area contributed by atoms with E-state index in [4.69, 9.17) is 20.8 Å². The summed E-state index contributed by atoms with van der Waals surface area (Å²) in [6.07, 6.45) is -0.152. The number of esters is 1. The van der Waals surface area contributed by atoms with Gasteiger partial charge in [-0.25, -0.2) is 4.79 Å². The van der Waals surface area contributed by atoms with Gasteiger partial charge in [-0.05, 0) is 86.6 Å². The molecular weight excluding hydrogens is 416 g/mol. The fourth-order valence-corrected chi connectivity index (χ4v) is 4.08. The van der Waals surface area contributed by atoms with Gasteiger partial charge < -0.3 is 13.9 Å². The molecule has 0 unspecified atom stereocenters. The van der Waals surface area contributed by atoms with Crippen molar-refractivity contribution in [2.75, 3.05) is 7.11 Å². The maximum atomic E-state index is 12.4. The van der Waals surface area contributed by atoms with Crippen molar-refractivity contribution in [3.63, 3.8) is 0 Å². The fourth-order valence-electron chi connectivity index (χ4n) is 3.87. The van der Waals surface area contributed by atoms with Crippen molar-refractivity contribution in [3.05, 3.63) is 72.1 Å². The first kappa shape index (κ1) is 22.9. The van der Waals surface area contributed by atoms with E-state index in [9.17, 15) is 9.59 Å². The summed E-state index contributed by atoms with van der Waals surface area (Å²) in [5.74, 6) is -0.0673. The number of aryl methyl sites for hydroxylation is 1. The molecule has 6 heteroatoms. The minimum atomic E-state index is -0.569. The Balaban J connectivity index is 2.00. The minimum absolute atomic E-state index is 0.152. The molecule has 0 aliphatic carbocycles. The summed E-state index contributed by atoms with van der Waals surface area (Å²) in [6, 6.07) is 3.34. The number of ether oxygens (including phenoxy) is 2. The lowest BCUT2D eigenvalue weighted by Crippen LogP contribution is -2.16. The number of hydrogen-bond donors (Lipinski definition) is 0. The van der Waals surface area contributed by atoms with Crippen LogP contribution in [-0.4, -0.2) is 13.1 Å². The summed E-state index contributed by atoms with van der Waals surface area (Å²) >= 11 is 6.50. The van der Waals surface area contributed by atoms with Crippen LogP contribution in [0.1, 0.15) is 44.5 Å². The van der Waals surface area contributed by atoms with Gasteiger partial charge in [0.2, 0.25) is 0 Å².